The molecule has 1 aromatic rings. The zero-order valence-electron chi connectivity index (χ0n) is 6.93. The number of aromatic hydroxyl groups is 2. The van der Waals surface area contributed by atoms with Crippen LogP contribution in [0.5, 0.6) is 11.5 Å². The van der Waals surface area contributed by atoms with Crippen molar-refractivity contribution in [2.45, 2.75) is 6.42 Å². The average Bonchev–Trinajstić information content (AvgIpc) is 2.12. The van der Waals surface area contributed by atoms with Crippen LogP contribution in [0.25, 0.3) is 0 Å². The van der Waals surface area contributed by atoms with Gasteiger partial charge in [0.2, 0.25) is 0 Å². The molecule has 1 aromatic carbocycles. The molecule has 0 saturated carbocycles. The van der Waals surface area contributed by atoms with Crippen molar-refractivity contribution < 1.29 is 19.7 Å². The molecule has 0 amide bonds. The maximum atomic E-state index is 9.80. The van der Waals surface area contributed by atoms with E-state index < -0.39 is 0 Å². The van der Waals surface area contributed by atoms with Crippen molar-refractivity contribution in [3.63, 3.8) is 0 Å². The molecule has 0 atom stereocenters. The predicted octanol–water partition coefficient (Wildman–Crippen LogP) is 0.813. The maximum absolute atomic E-state index is 9.80. The largest absolute Gasteiger partial charge is 0.504 e. The number of benzene rings is 1. The van der Waals surface area contributed by atoms with Gasteiger partial charge in [-0.25, -0.2) is 0 Å². The summed E-state index contributed by atoms with van der Waals surface area (Å²) in [5, 5.41) is 18.1. The van der Waals surface area contributed by atoms with E-state index in [1.165, 1.54) is 12.1 Å². The van der Waals surface area contributed by atoms with Crippen molar-refractivity contribution in [3.8, 4) is 11.5 Å². The number of phenols is 2. The second-order valence-electron chi connectivity index (χ2n) is 2.54. The van der Waals surface area contributed by atoms with Gasteiger partial charge in [0.25, 0.3) is 6.47 Å². The van der Waals surface area contributed by atoms with Gasteiger partial charge >= 0.3 is 0 Å². The third-order valence-corrected chi connectivity index (χ3v) is 1.62. The fourth-order valence-electron chi connectivity index (χ4n) is 0.949. The zero-order chi connectivity index (χ0) is 9.68. The molecule has 0 aliphatic rings. The van der Waals surface area contributed by atoms with E-state index in [2.05, 4.69) is 4.74 Å². The van der Waals surface area contributed by atoms with E-state index in [4.69, 9.17) is 10.2 Å². The van der Waals surface area contributed by atoms with Crippen molar-refractivity contribution in [1.29, 1.82) is 0 Å². The molecule has 0 aliphatic heterocycles. The van der Waals surface area contributed by atoms with Gasteiger partial charge in [0, 0.05) is 6.42 Å². The lowest BCUT2D eigenvalue weighted by Crippen LogP contribution is -1.96. The van der Waals surface area contributed by atoms with Crippen molar-refractivity contribution in [2.75, 3.05) is 6.61 Å². The Labute approximate surface area is 75.4 Å². The summed E-state index contributed by atoms with van der Waals surface area (Å²) in [5.74, 6) is -0.316. The van der Waals surface area contributed by atoms with Gasteiger partial charge in [-0.2, -0.15) is 0 Å². The van der Waals surface area contributed by atoms with Gasteiger partial charge in [0.1, 0.15) is 0 Å². The Hall–Kier alpha value is -1.71. The Kier molecular flexibility index (Phi) is 3.14. The maximum Gasteiger partial charge on any atom is 0.293 e. The van der Waals surface area contributed by atoms with E-state index in [0.717, 1.165) is 5.56 Å². The highest BCUT2D eigenvalue weighted by Gasteiger charge is 2.00. The highest BCUT2D eigenvalue weighted by Crippen LogP contribution is 2.24. The van der Waals surface area contributed by atoms with Crippen LogP contribution in [0.4, 0.5) is 0 Å². The molecule has 0 aliphatic carbocycles. The molecule has 13 heavy (non-hydrogen) atoms. The molecule has 0 unspecified atom stereocenters. The highest BCUT2D eigenvalue weighted by molar-refractivity contribution is 5.41. The first-order chi connectivity index (χ1) is 6.24. The summed E-state index contributed by atoms with van der Waals surface area (Å²) in [4.78, 5) is 9.80. The quantitative estimate of drug-likeness (QED) is 0.411. The van der Waals surface area contributed by atoms with Crippen LogP contribution in [-0.4, -0.2) is 23.3 Å². The summed E-state index contributed by atoms with van der Waals surface area (Å²) < 4.78 is 4.48. The van der Waals surface area contributed by atoms with Crippen molar-refractivity contribution >= 4 is 6.47 Å². The van der Waals surface area contributed by atoms with Crippen LogP contribution in [0.3, 0.4) is 0 Å². The molecule has 1 rings (SSSR count). The first-order valence-corrected chi connectivity index (χ1v) is 3.80. The summed E-state index contributed by atoms with van der Waals surface area (Å²) in [6.45, 7) is 0.647. The van der Waals surface area contributed by atoms with Gasteiger partial charge in [-0.05, 0) is 17.7 Å². The van der Waals surface area contributed by atoms with Gasteiger partial charge < -0.3 is 14.9 Å². The van der Waals surface area contributed by atoms with Crippen LogP contribution in [0, 0.1) is 0 Å². The van der Waals surface area contributed by atoms with Gasteiger partial charge in [0.05, 0.1) is 6.61 Å². The van der Waals surface area contributed by atoms with Crippen LogP contribution in [0.2, 0.25) is 0 Å². The summed E-state index contributed by atoms with van der Waals surface area (Å²) in [5.41, 5.74) is 0.803. The van der Waals surface area contributed by atoms with Crippen LogP contribution in [-0.2, 0) is 16.0 Å². The van der Waals surface area contributed by atoms with E-state index in [1.807, 2.05) is 0 Å². The Morgan fingerprint density at radius 3 is 2.69 bits per heavy atom. The van der Waals surface area contributed by atoms with Gasteiger partial charge in [-0.15, -0.1) is 0 Å². The van der Waals surface area contributed by atoms with E-state index in [9.17, 15) is 4.79 Å². The number of carbonyl (C=O) groups excluding carboxylic acids is 1. The molecule has 4 heteroatoms. The second-order valence-corrected chi connectivity index (χ2v) is 2.54. The number of carbonyl (C=O) groups is 1. The number of hydrogen-bond donors (Lipinski definition) is 2. The molecular weight excluding hydrogens is 172 g/mol. The Morgan fingerprint density at radius 2 is 2.08 bits per heavy atom. The molecule has 0 bridgehead atoms. The Balaban J connectivity index is 2.57. The van der Waals surface area contributed by atoms with Crippen molar-refractivity contribution in [2.24, 2.45) is 0 Å². The van der Waals surface area contributed by atoms with Crippen molar-refractivity contribution in [3.05, 3.63) is 23.8 Å². The number of hydrogen-bond acceptors (Lipinski definition) is 4. The van der Waals surface area contributed by atoms with E-state index in [1.54, 1.807) is 6.07 Å². The summed E-state index contributed by atoms with van der Waals surface area (Å²) in [6.07, 6.45) is 0.520. The molecule has 0 spiro atoms. The first kappa shape index (κ1) is 9.38. The van der Waals surface area contributed by atoms with Crippen molar-refractivity contribution in [1.82, 2.24) is 0 Å². The molecule has 4 nitrogen and oxygen atoms in total. The normalized spacial score (nSPS) is 9.54. The van der Waals surface area contributed by atoms with Crippen LogP contribution < -0.4 is 0 Å². The number of ether oxygens (including phenoxy) is 1. The molecule has 0 saturated heterocycles. The molecule has 2 N–H and O–H groups in total. The molecule has 0 heterocycles. The smallest absolute Gasteiger partial charge is 0.293 e. The van der Waals surface area contributed by atoms with E-state index >= 15 is 0 Å². The fourth-order valence-corrected chi connectivity index (χ4v) is 0.949. The van der Waals surface area contributed by atoms with E-state index in [0.29, 0.717) is 12.9 Å². The highest BCUT2D eigenvalue weighted by atomic mass is 16.5. The minimum absolute atomic E-state index is 0.153. The van der Waals surface area contributed by atoms with Crippen LogP contribution >= 0.6 is 0 Å². The Bertz CT molecular complexity index is 296. The number of phenolic OH excluding ortho intramolecular Hbond substituents is 2. The molecule has 0 radical (unpaired) electrons. The summed E-state index contributed by atoms with van der Waals surface area (Å²) in [6, 6.07) is 4.48. The second kappa shape index (κ2) is 4.35. The monoisotopic (exact) mass is 182 g/mol. The van der Waals surface area contributed by atoms with Crippen LogP contribution in [0.1, 0.15) is 5.56 Å². The average molecular weight is 182 g/mol. The van der Waals surface area contributed by atoms with E-state index in [-0.39, 0.29) is 18.1 Å². The standard InChI is InChI=1S/C9H10O4/c10-6-13-4-3-7-1-2-8(11)9(12)5-7/h1-2,5-6,11-12H,3-4H2. The van der Waals surface area contributed by atoms with Gasteiger partial charge in [-0.1, -0.05) is 6.07 Å². The van der Waals surface area contributed by atoms with Crippen LogP contribution in [0.15, 0.2) is 18.2 Å². The molecule has 0 fully saturated rings. The summed E-state index contributed by atoms with van der Waals surface area (Å²) >= 11 is 0. The molecule has 70 valence electrons. The minimum Gasteiger partial charge on any atom is -0.504 e. The fraction of sp³-hybridized carbons (Fsp3) is 0.222. The van der Waals surface area contributed by atoms with Gasteiger partial charge in [0.15, 0.2) is 11.5 Å². The first-order valence-electron chi connectivity index (χ1n) is 3.80. The molecule has 0 aromatic heterocycles. The SMILES string of the molecule is O=COCCc1ccc(O)c(O)c1. The third kappa shape index (κ3) is 2.66. The topological polar surface area (TPSA) is 66.8 Å². The lowest BCUT2D eigenvalue weighted by Gasteiger charge is -2.02. The predicted molar refractivity (Wildman–Crippen MR) is 45.5 cm³/mol. The van der Waals surface area contributed by atoms with Gasteiger partial charge in [-0.3, -0.25) is 4.79 Å². The lowest BCUT2D eigenvalue weighted by atomic mass is 10.1. The Morgan fingerprint density at radius 1 is 1.31 bits per heavy atom. The number of rotatable bonds is 4. The summed E-state index contributed by atoms with van der Waals surface area (Å²) in [7, 11) is 0. The zero-order valence-corrected chi connectivity index (χ0v) is 6.93. The molecular formula is C9H10O4. The lowest BCUT2D eigenvalue weighted by molar-refractivity contribution is -0.128. The minimum atomic E-state index is -0.163. The third-order valence-electron chi connectivity index (χ3n) is 1.62.